The summed E-state index contributed by atoms with van der Waals surface area (Å²) in [6.45, 7) is 6.20. The number of ether oxygens (including phenoxy) is 2. The highest BCUT2D eigenvalue weighted by molar-refractivity contribution is 5.58. The van der Waals surface area contributed by atoms with Gasteiger partial charge in [0.15, 0.2) is 0 Å². The van der Waals surface area contributed by atoms with Crippen LogP contribution >= 0.6 is 0 Å². The Balaban J connectivity index is 1.21. The molecule has 2 aliphatic rings. The molecule has 144 valence electrons. The predicted octanol–water partition coefficient (Wildman–Crippen LogP) is 3.78. The highest BCUT2D eigenvalue weighted by atomic mass is 16.5. The Kier molecular flexibility index (Phi) is 5.83. The molecule has 2 aromatic carbocycles. The van der Waals surface area contributed by atoms with E-state index < -0.39 is 0 Å². The summed E-state index contributed by atoms with van der Waals surface area (Å²) in [5, 5.41) is 0. The highest BCUT2D eigenvalue weighted by Gasteiger charge is 2.19. The highest BCUT2D eigenvalue weighted by Crippen LogP contribution is 2.30. The maximum Gasteiger partial charge on any atom is 0.142 e. The molecule has 1 aliphatic carbocycles. The van der Waals surface area contributed by atoms with Crippen molar-refractivity contribution in [2.45, 2.75) is 25.7 Å². The molecule has 0 radical (unpaired) electrons. The van der Waals surface area contributed by atoms with E-state index in [1.807, 2.05) is 12.1 Å². The van der Waals surface area contributed by atoms with Crippen molar-refractivity contribution in [3.8, 4) is 11.5 Å². The average Bonchev–Trinajstić information content (AvgIpc) is 3.21. The number of hydrogen-bond acceptors (Lipinski definition) is 4. The Morgan fingerprint density at radius 2 is 1.70 bits per heavy atom. The minimum atomic E-state index is 0.809. The van der Waals surface area contributed by atoms with Crippen LogP contribution in [0.4, 0.5) is 5.69 Å². The van der Waals surface area contributed by atoms with Crippen LogP contribution in [-0.4, -0.2) is 51.3 Å². The predicted molar refractivity (Wildman–Crippen MR) is 110 cm³/mol. The molecule has 0 amide bonds. The molecule has 0 spiro atoms. The average molecular weight is 367 g/mol. The number of para-hydroxylation sites is 2. The summed E-state index contributed by atoms with van der Waals surface area (Å²) in [4.78, 5) is 4.98. The Morgan fingerprint density at radius 1 is 0.889 bits per heavy atom. The van der Waals surface area contributed by atoms with Crippen LogP contribution < -0.4 is 14.4 Å². The standard InChI is InChI=1S/C23H30N2O2/c1-26-23-11-3-2-10-21(23)25-16-14-24(15-17-25)13-6-18-27-22-12-5-8-19-7-4-9-20(19)22/h2-3,5,8,10-12H,4,6-7,9,13-18H2,1H3. The lowest BCUT2D eigenvalue weighted by molar-refractivity contribution is 0.224. The van der Waals surface area contributed by atoms with Gasteiger partial charge in [-0.2, -0.15) is 0 Å². The van der Waals surface area contributed by atoms with Crippen molar-refractivity contribution in [1.29, 1.82) is 0 Å². The number of anilines is 1. The molecular weight excluding hydrogens is 336 g/mol. The van der Waals surface area contributed by atoms with Crippen LogP contribution in [-0.2, 0) is 12.8 Å². The summed E-state index contributed by atoms with van der Waals surface area (Å²) in [5.74, 6) is 2.08. The number of aryl methyl sites for hydroxylation is 1. The molecule has 0 saturated carbocycles. The van der Waals surface area contributed by atoms with Gasteiger partial charge < -0.3 is 14.4 Å². The molecule has 27 heavy (non-hydrogen) atoms. The van der Waals surface area contributed by atoms with Crippen LogP contribution in [0.1, 0.15) is 24.0 Å². The van der Waals surface area contributed by atoms with Crippen molar-refractivity contribution in [3.05, 3.63) is 53.6 Å². The Bertz CT molecular complexity index is 754. The molecule has 4 nitrogen and oxygen atoms in total. The molecule has 1 aliphatic heterocycles. The van der Waals surface area contributed by atoms with Gasteiger partial charge in [-0.3, -0.25) is 4.90 Å². The lowest BCUT2D eigenvalue weighted by atomic mass is 10.1. The van der Waals surface area contributed by atoms with Crippen LogP contribution in [0.15, 0.2) is 42.5 Å². The first-order chi connectivity index (χ1) is 13.3. The number of rotatable bonds is 7. The normalized spacial score (nSPS) is 17.0. The van der Waals surface area contributed by atoms with Crippen LogP contribution in [0.2, 0.25) is 0 Å². The Hall–Kier alpha value is -2.20. The number of benzene rings is 2. The molecule has 1 saturated heterocycles. The number of nitrogens with zero attached hydrogens (tertiary/aromatic N) is 2. The van der Waals surface area contributed by atoms with Gasteiger partial charge >= 0.3 is 0 Å². The van der Waals surface area contributed by atoms with Gasteiger partial charge in [0, 0.05) is 32.7 Å². The fraction of sp³-hybridized carbons (Fsp3) is 0.478. The number of piperazine rings is 1. The molecule has 0 unspecified atom stereocenters. The molecular formula is C23H30N2O2. The van der Waals surface area contributed by atoms with Gasteiger partial charge in [0.05, 0.1) is 19.4 Å². The second-order valence-corrected chi connectivity index (χ2v) is 7.45. The molecule has 4 heteroatoms. The van der Waals surface area contributed by atoms with E-state index in [2.05, 4.69) is 40.1 Å². The van der Waals surface area contributed by atoms with Crippen LogP contribution in [0.25, 0.3) is 0 Å². The topological polar surface area (TPSA) is 24.9 Å². The van der Waals surface area contributed by atoms with Gasteiger partial charge in [0.25, 0.3) is 0 Å². The van der Waals surface area contributed by atoms with Gasteiger partial charge in [0.2, 0.25) is 0 Å². The monoisotopic (exact) mass is 366 g/mol. The second kappa shape index (κ2) is 8.66. The zero-order valence-corrected chi connectivity index (χ0v) is 16.3. The van der Waals surface area contributed by atoms with E-state index in [0.717, 1.165) is 57.3 Å². The van der Waals surface area contributed by atoms with Crippen molar-refractivity contribution in [2.24, 2.45) is 0 Å². The van der Waals surface area contributed by atoms with Crippen molar-refractivity contribution in [3.63, 3.8) is 0 Å². The van der Waals surface area contributed by atoms with E-state index in [0.29, 0.717) is 0 Å². The summed E-state index contributed by atoms with van der Waals surface area (Å²) in [6, 6.07) is 14.8. The first-order valence-corrected chi connectivity index (χ1v) is 10.2. The van der Waals surface area contributed by atoms with Crippen molar-refractivity contribution < 1.29 is 9.47 Å². The van der Waals surface area contributed by atoms with E-state index in [9.17, 15) is 0 Å². The first kappa shape index (κ1) is 18.2. The minimum Gasteiger partial charge on any atom is -0.495 e. The molecule has 1 fully saturated rings. The van der Waals surface area contributed by atoms with E-state index in [1.165, 1.54) is 36.1 Å². The summed E-state index contributed by atoms with van der Waals surface area (Å²) < 4.78 is 11.6. The number of hydrogen-bond donors (Lipinski definition) is 0. The van der Waals surface area contributed by atoms with Gasteiger partial charge in [-0.1, -0.05) is 24.3 Å². The van der Waals surface area contributed by atoms with Crippen molar-refractivity contribution in [2.75, 3.05) is 51.3 Å². The zero-order chi connectivity index (χ0) is 18.5. The maximum absolute atomic E-state index is 6.11. The van der Waals surface area contributed by atoms with E-state index >= 15 is 0 Å². The lowest BCUT2D eigenvalue weighted by Crippen LogP contribution is -2.46. The van der Waals surface area contributed by atoms with Gasteiger partial charge in [-0.25, -0.2) is 0 Å². The largest absolute Gasteiger partial charge is 0.495 e. The fourth-order valence-corrected chi connectivity index (χ4v) is 4.29. The quantitative estimate of drug-likeness (QED) is 0.697. The third-order valence-corrected chi connectivity index (χ3v) is 5.78. The smallest absolute Gasteiger partial charge is 0.142 e. The third-order valence-electron chi connectivity index (χ3n) is 5.78. The van der Waals surface area contributed by atoms with E-state index in [-0.39, 0.29) is 0 Å². The second-order valence-electron chi connectivity index (χ2n) is 7.45. The van der Waals surface area contributed by atoms with Crippen molar-refractivity contribution >= 4 is 5.69 Å². The van der Waals surface area contributed by atoms with Gasteiger partial charge in [-0.05, 0) is 55.0 Å². The SMILES string of the molecule is COc1ccccc1N1CCN(CCCOc2cccc3c2CCC3)CC1. The van der Waals surface area contributed by atoms with E-state index in [1.54, 1.807) is 7.11 Å². The summed E-state index contributed by atoms with van der Waals surface area (Å²) in [7, 11) is 1.75. The molecule has 4 rings (SSSR count). The molecule has 2 aromatic rings. The molecule has 0 bridgehead atoms. The van der Waals surface area contributed by atoms with Crippen LogP contribution in [0, 0.1) is 0 Å². The molecule has 0 N–H and O–H groups in total. The van der Waals surface area contributed by atoms with Gasteiger partial charge in [0.1, 0.15) is 11.5 Å². The fourth-order valence-electron chi connectivity index (χ4n) is 4.29. The number of fused-ring (bicyclic) bond motifs is 1. The summed E-state index contributed by atoms with van der Waals surface area (Å²) >= 11 is 0. The first-order valence-electron chi connectivity index (χ1n) is 10.2. The minimum absolute atomic E-state index is 0.809. The number of methoxy groups -OCH3 is 1. The van der Waals surface area contributed by atoms with Gasteiger partial charge in [-0.15, -0.1) is 0 Å². The van der Waals surface area contributed by atoms with E-state index in [4.69, 9.17) is 9.47 Å². The van der Waals surface area contributed by atoms with Crippen molar-refractivity contribution in [1.82, 2.24) is 4.90 Å². The Labute approximate surface area is 162 Å². The zero-order valence-electron chi connectivity index (χ0n) is 16.3. The summed E-state index contributed by atoms with van der Waals surface area (Å²) in [5.41, 5.74) is 4.14. The molecule has 1 heterocycles. The molecule has 0 aromatic heterocycles. The molecule has 0 atom stereocenters. The maximum atomic E-state index is 6.11. The Morgan fingerprint density at radius 3 is 2.56 bits per heavy atom. The third kappa shape index (κ3) is 4.22. The van der Waals surface area contributed by atoms with Crippen LogP contribution in [0.3, 0.4) is 0 Å². The van der Waals surface area contributed by atoms with Crippen LogP contribution in [0.5, 0.6) is 11.5 Å². The summed E-state index contributed by atoms with van der Waals surface area (Å²) in [6.07, 6.45) is 4.74. The lowest BCUT2D eigenvalue weighted by Gasteiger charge is -2.36.